The number of fused-ring (bicyclic) bond motifs is 1. The Morgan fingerprint density at radius 3 is 2.39 bits per heavy atom. The number of hydrogen-bond donors (Lipinski definition) is 1. The van der Waals surface area contributed by atoms with Crippen LogP contribution in [0.4, 0.5) is 11.6 Å². The molecule has 156 valence electrons. The van der Waals surface area contributed by atoms with Gasteiger partial charge in [0, 0.05) is 10.8 Å². The van der Waals surface area contributed by atoms with Gasteiger partial charge in [-0.3, -0.25) is 4.79 Å². The number of amides is 1. The van der Waals surface area contributed by atoms with E-state index in [9.17, 15) is 14.9 Å². The summed E-state index contributed by atoms with van der Waals surface area (Å²) in [5.74, 6) is -0.156. The van der Waals surface area contributed by atoms with Crippen molar-refractivity contribution < 1.29 is 19.2 Å². The summed E-state index contributed by atoms with van der Waals surface area (Å²) in [6.07, 6.45) is 0. The van der Waals surface area contributed by atoms with E-state index in [4.69, 9.17) is 9.47 Å². The van der Waals surface area contributed by atoms with E-state index in [-0.39, 0.29) is 17.3 Å². The first-order valence-corrected chi connectivity index (χ1v) is 9.16. The molecule has 0 atom stereocenters. The summed E-state index contributed by atoms with van der Waals surface area (Å²) in [4.78, 5) is 27.1. The number of nitrogens with zero attached hydrogens (tertiary/aromatic N) is 4. The predicted octanol–water partition coefficient (Wildman–Crippen LogP) is 3.93. The normalized spacial score (nSPS) is 10.6. The van der Waals surface area contributed by atoms with Crippen LogP contribution < -0.4 is 14.8 Å². The van der Waals surface area contributed by atoms with Crippen LogP contribution in [0.5, 0.6) is 17.5 Å². The van der Waals surface area contributed by atoms with E-state index in [2.05, 4.69) is 15.4 Å². The van der Waals surface area contributed by atoms with Gasteiger partial charge in [0.1, 0.15) is 11.5 Å². The molecule has 1 heterocycles. The Hall–Kier alpha value is -4.47. The van der Waals surface area contributed by atoms with Gasteiger partial charge in [-0.05, 0) is 57.1 Å². The molecule has 0 spiro atoms. The van der Waals surface area contributed by atoms with Crippen molar-refractivity contribution >= 4 is 28.3 Å². The summed E-state index contributed by atoms with van der Waals surface area (Å²) in [5.41, 5.74) is 0.805. The minimum absolute atomic E-state index is 0.111. The molecule has 31 heavy (non-hydrogen) atoms. The quantitative estimate of drug-likeness (QED) is 0.371. The first kappa shape index (κ1) is 19.8. The Morgan fingerprint density at radius 2 is 1.77 bits per heavy atom. The maximum Gasteiger partial charge on any atom is 0.494 e. The molecule has 1 amide bonds. The molecular weight excluding hydrogens is 402 g/mol. The van der Waals surface area contributed by atoms with Crippen LogP contribution in [0.3, 0.4) is 0 Å². The van der Waals surface area contributed by atoms with Crippen molar-refractivity contribution in [1.82, 2.24) is 14.8 Å². The van der Waals surface area contributed by atoms with Crippen LogP contribution in [-0.4, -0.2) is 32.7 Å². The zero-order chi connectivity index (χ0) is 22.0. The number of aryl methyl sites for hydroxylation is 1. The summed E-state index contributed by atoms with van der Waals surface area (Å²) in [5, 5.41) is 19.1. The molecule has 10 heteroatoms. The number of carbonyl (C=O) groups is 1. The van der Waals surface area contributed by atoms with Crippen molar-refractivity contribution in [1.29, 1.82) is 0 Å². The van der Waals surface area contributed by atoms with Gasteiger partial charge in [0.25, 0.3) is 5.91 Å². The topological polar surface area (TPSA) is 121 Å². The number of anilines is 1. The molecule has 0 aliphatic rings. The van der Waals surface area contributed by atoms with Crippen LogP contribution in [-0.2, 0) is 7.05 Å². The van der Waals surface area contributed by atoms with E-state index >= 15 is 0 Å². The molecule has 0 fully saturated rings. The zero-order valence-electron chi connectivity index (χ0n) is 16.6. The lowest BCUT2D eigenvalue weighted by Crippen LogP contribution is -2.13. The lowest BCUT2D eigenvalue weighted by molar-refractivity contribution is -0.394. The highest BCUT2D eigenvalue weighted by Gasteiger charge is 2.24. The van der Waals surface area contributed by atoms with Crippen LogP contribution >= 0.6 is 0 Å². The predicted molar refractivity (Wildman–Crippen MR) is 113 cm³/mol. The summed E-state index contributed by atoms with van der Waals surface area (Å²) in [7, 11) is 3.02. The first-order chi connectivity index (χ1) is 14.9. The lowest BCUT2D eigenvalue weighted by Gasteiger charge is -2.12. The van der Waals surface area contributed by atoms with Crippen LogP contribution in [0.1, 0.15) is 10.4 Å². The zero-order valence-corrected chi connectivity index (χ0v) is 16.6. The van der Waals surface area contributed by atoms with Gasteiger partial charge in [0.05, 0.1) is 19.7 Å². The molecule has 0 radical (unpaired) electrons. The van der Waals surface area contributed by atoms with Crippen molar-refractivity contribution in [3.05, 3.63) is 76.3 Å². The molecule has 3 aromatic carbocycles. The van der Waals surface area contributed by atoms with Gasteiger partial charge in [-0.1, -0.05) is 24.3 Å². The molecule has 4 aromatic rings. The second-order valence-electron chi connectivity index (χ2n) is 6.56. The number of nitro groups is 1. The molecule has 0 saturated carbocycles. The summed E-state index contributed by atoms with van der Waals surface area (Å²) < 4.78 is 12.0. The average molecular weight is 419 g/mol. The van der Waals surface area contributed by atoms with Crippen molar-refractivity contribution in [3.63, 3.8) is 0 Å². The number of nitrogens with one attached hydrogen (secondary N) is 1. The number of methoxy groups -OCH3 is 1. The smallest absolute Gasteiger partial charge is 0.494 e. The van der Waals surface area contributed by atoms with Crippen LogP contribution in [0.15, 0.2) is 60.7 Å². The standard InChI is InChI=1S/C21H17N5O5/c1-25-21(23-20(24-25)26(28)29)31-18-12-14-6-4-3-5-13(14)11-17(18)19(27)22-15-7-9-16(30-2)10-8-15/h3-12H,1-2H3,(H,22,27). The second kappa shape index (κ2) is 8.11. The van der Waals surface area contributed by atoms with Crippen molar-refractivity contribution in [3.8, 4) is 17.5 Å². The fraction of sp³-hybridized carbons (Fsp3) is 0.0952. The monoisotopic (exact) mass is 419 g/mol. The number of aromatic nitrogens is 3. The van der Waals surface area contributed by atoms with Crippen molar-refractivity contribution in [2.75, 3.05) is 12.4 Å². The molecule has 1 N–H and O–H groups in total. The van der Waals surface area contributed by atoms with E-state index in [0.717, 1.165) is 15.5 Å². The van der Waals surface area contributed by atoms with Gasteiger partial charge in [0.15, 0.2) is 0 Å². The molecule has 0 aliphatic carbocycles. The van der Waals surface area contributed by atoms with Gasteiger partial charge >= 0.3 is 12.0 Å². The minimum Gasteiger partial charge on any atom is -0.497 e. The summed E-state index contributed by atoms with van der Waals surface area (Å²) in [6.45, 7) is 0. The van der Waals surface area contributed by atoms with E-state index in [1.54, 1.807) is 43.5 Å². The third kappa shape index (κ3) is 4.13. The van der Waals surface area contributed by atoms with E-state index < -0.39 is 16.8 Å². The third-order valence-corrected chi connectivity index (χ3v) is 4.52. The molecule has 0 unspecified atom stereocenters. The minimum atomic E-state index is -0.718. The molecular formula is C21H17N5O5. The lowest BCUT2D eigenvalue weighted by atomic mass is 10.1. The Bertz CT molecular complexity index is 1280. The molecule has 4 rings (SSSR count). The number of benzene rings is 3. The van der Waals surface area contributed by atoms with Crippen LogP contribution in [0, 0.1) is 10.1 Å². The SMILES string of the molecule is COc1ccc(NC(=O)c2cc3ccccc3cc2Oc2nc([N+](=O)[O-])nn2C)cc1. The molecule has 0 saturated heterocycles. The molecule has 0 bridgehead atoms. The number of hydrogen-bond acceptors (Lipinski definition) is 7. The average Bonchev–Trinajstić information content (AvgIpc) is 3.14. The Labute approximate surface area is 176 Å². The summed E-state index contributed by atoms with van der Waals surface area (Å²) >= 11 is 0. The first-order valence-electron chi connectivity index (χ1n) is 9.16. The van der Waals surface area contributed by atoms with E-state index in [0.29, 0.717) is 11.4 Å². The van der Waals surface area contributed by atoms with Crippen LogP contribution in [0.2, 0.25) is 0 Å². The largest absolute Gasteiger partial charge is 0.497 e. The van der Waals surface area contributed by atoms with Gasteiger partial charge in [-0.25, -0.2) is 0 Å². The number of carbonyl (C=O) groups excluding carboxylic acids is 1. The highest BCUT2D eigenvalue weighted by atomic mass is 16.6. The fourth-order valence-electron chi connectivity index (χ4n) is 2.98. The van der Waals surface area contributed by atoms with Crippen molar-refractivity contribution in [2.45, 2.75) is 0 Å². The van der Waals surface area contributed by atoms with Gasteiger partial charge in [0.2, 0.25) is 0 Å². The Balaban J connectivity index is 1.72. The number of ether oxygens (including phenoxy) is 2. The third-order valence-electron chi connectivity index (χ3n) is 4.52. The van der Waals surface area contributed by atoms with Gasteiger partial charge in [-0.15, -0.1) is 4.68 Å². The van der Waals surface area contributed by atoms with E-state index in [1.807, 2.05) is 24.3 Å². The van der Waals surface area contributed by atoms with Crippen molar-refractivity contribution in [2.24, 2.45) is 7.05 Å². The van der Waals surface area contributed by atoms with Gasteiger partial charge in [-0.2, -0.15) is 0 Å². The molecule has 1 aromatic heterocycles. The molecule has 0 aliphatic heterocycles. The number of rotatable bonds is 6. The van der Waals surface area contributed by atoms with Gasteiger partial charge < -0.3 is 24.9 Å². The molecule has 10 nitrogen and oxygen atoms in total. The maximum absolute atomic E-state index is 13.0. The van der Waals surface area contributed by atoms with Crippen LogP contribution in [0.25, 0.3) is 10.8 Å². The maximum atomic E-state index is 13.0. The second-order valence-corrected chi connectivity index (χ2v) is 6.56. The Kier molecular flexibility index (Phi) is 5.19. The highest BCUT2D eigenvalue weighted by Crippen LogP contribution is 2.31. The highest BCUT2D eigenvalue weighted by molar-refractivity contribution is 6.08. The van der Waals surface area contributed by atoms with E-state index in [1.165, 1.54) is 7.05 Å². The fourth-order valence-corrected chi connectivity index (χ4v) is 2.98. The summed E-state index contributed by atoms with van der Waals surface area (Å²) in [6, 6.07) is 17.6. The Morgan fingerprint density at radius 1 is 1.10 bits per heavy atom.